The van der Waals surface area contributed by atoms with E-state index in [1.54, 1.807) is 11.3 Å². The molecule has 0 spiro atoms. The van der Waals surface area contributed by atoms with Crippen LogP contribution in [-0.4, -0.2) is 44.4 Å². The Kier molecular flexibility index (Phi) is 6.45. The lowest BCUT2D eigenvalue weighted by Crippen LogP contribution is -2.33. The summed E-state index contributed by atoms with van der Waals surface area (Å²) in [5, 5.41) is 11.2. The van der Waals surface area contributed by atoms with Crippen molar-refractivity contribution in [1.82, 2.24) is 19.7 Å². The lowest BCUT2D eigenvalue weighted by molar-refractivity contribution is -0.128. The van der Waals surface area contributed by atoms with Gasteiger partial charge in [0.05, 0.1) is 10.6 Å². The molecule has 0 bridgehead atoms. The molecule has 0 aliphatic carbocycles. The summed E-state index contributed by atoms with van der Waals surface area (Å²) in [4.78, 5) is 15.3. The molecule has 0 aliphatic heterocycles. The second kappa shape index (κ2) is 8.33. The van der Waals surface area contributed by atoms with Crippen LogP contribution in [0.15, 0.2) is 22.7 Å². The zero-order chi connectivity index (χ0) is 15.9. The molecule has 0 fully saturated rings. The largest absolute Gasteiger partial charge is 0.342 e. The minimum atomic E-state index is 0.175. The van der Waals surface area contributed by atoms with Gasteiger partial charge in [0.25, 0.3) is 0 Å². The lowest BCUT2D eigenvalue weighted by Gasteiger charge is -2.21. The molecule has 0 aromatic carbocycles. The van der Waals surface area contributed by atoms with Gasteiger partial charge < -0.3 is 9.47 Å². The van der Waals surface area contributed by atoms with Crippen molar-refractivity contribution in [3.8, 4) is 10.7 Å². The SMILES string of the molecule is CCCN(CCC)C(=O)CSc1nnc(-c2cccs2)n1C. The van der Waals surface area contributed by atoms with Crippen molar-refractivity contribution in [2.45, 2.75) is 31.8 Å². The first-order valence-corrected chi connectivity index (χ1v) is 9.37. The lowest BCUT2D eigenvalue weighted by atomic mass is 10.3. The van der Waals surface area contributed by atoms with Gasteiger partial charge in [0.1, 0.15) is 0 Å². The van der Waals surface area contributed by atoms with Crippen molar-refractivity contribution in [2.24, 2.45) is 7.05 Å². The highest BCUT2D eigenvalue weighted by Crippen LogP contribution is 2.26. The van der Waals surface area contributed by atoms with Crippen LogP contribution < -0.4 is 0 Å². The number of carbonyl (C=O) groups is 1. The summed E-state index contributed by atoms with van der Waals surface area (Å²) in [7, 11) is 1.94. The smallest absolute Gasteiger partial charge is 0.233 e. The Morgan fingerprint density at radius 2 is 2.05 bits per heavy atom. The maximum absolute atomic E-state index is 12.3. The fourth-order valence-electron chi connectivity index (χ4n) is 2.18. The average Bonchev–Trinajstić information content (AvgIpc) is 3.14. The Labute approximate surface area is 139 Å². The number of carbonyl (C=O) groups excluding carboxylic acids is 1. The van der Waals surface area contributed by atoms with E-state index in [1.807, 2.05) is 34.0 Å². The molecule has 1 amide bonds. The molecule has 7 heteroatoms. The second-order valence-corrected chi connectivity index (χ2v) is 6.90. The van der Waals surface area contributed by atoms with Crippen LogP contribution in [0.25, 0.3) is 10.7 Å². The molecule has 120 valence electrons. The van der Waals surface area contributed by atoms with Crippen LogP contribution in [0.3, 0.4) is 0 Å². The van der Waals surface area contributed by atoms with Crippen molar-refractivity contribution in [1.29, 1.82) is 0 Å². The molecule has 2 heterocycles. The molecular weight excluding hydrogens is 316 g/mol. The fourth-order valence-corrected chi connectivity index (χ4v) is 3.74. The van der Waals surface area contributed by atoms with Gasteiger partial charge in [-0.15, -0.1) is 21.5 Å². The van der Waals surface area contributed by atoms with Crippen molar-refractivity contribution >= 4 is 29.0 Å². The highest BCUT2D eigenvalue weighted by Gasteiger charge is 2.16. The van der Waals surface area contributed by atoms with Crippen molar-refractivity contribution in [2.75, 3.05) is 18.8 Å². The van der Waals surface area contributed by atoms with Crippen molar-refractivity contribution in [3.05, 3.63) is 17.5 Å². The standard InChI is InChI=1S/C15H22N4OS2/c1-4-8-19(9-5-2)13(20)11-22-15-17-16-14(18(15)3)12-7-6-10-21-12/h6-7,10H,4-5,8-9,11H2,1-3H3. The van der Waals surface area contributed by atoms with Gasteiger partial charge in [0.2, 0.25) is 5.91 Å². The molecule has 0 saturated heterocycles. The van der Waals surface area contributed by atoms with E-state index in [0.29, 0.717) is 5.75 Å². The Morgan fingerprint density at radius 3 is 2.64 bits per heavy atom. The Morgan fingerprint density at radius 1 is 1.32 bits per heavy atom. The van der Waals surface area contributed by atoms with Crippen LogP contribution >= 0.6 is 23.1 Å². The number of nitrogens with zero attached hydrogens (tertiary/aromatic N) is 4. The maximum Gasteiger partial charge on any atom is 0.233 e. The van der Waals surface area contributed by atoms with Crippen LogP contribution in [0, 0.1) is 0 Å². The van der Waals surface area contributed by atoms with Crippen LogP contribution in [0.2, 0.25) is 0 Å². The number of thioether (sulfide) groups is 1. The van der Waals surface area contributed by atoms with E-state index in [2.05, 4.69) is 24.0 Å². The minimum Gasteiger partial charge on any atom is -0.342 e. The number of rotatable bonds is 8. The molecule has 2 rings (SSSR count). The summed E-state index contributed by atoms with van der Waals surface area (Å²) in [5.41, 5.74) is 0. The predicted molar refractivity (Wildman–Crippen MR) is 92.2 cm³/mol. The van der Waals surface area contributed by atoms with Crippen LogP contribution in [0.4, 0.5) is 0 Å². The quantitative estimate of drug-likeness (QED) is 0.693. The first-order chi connectivity index (χ1) is 10.7. The van der Waals surface area contributed by atoms with Gasteiger partial charge in [-0.3, -0.25) is 4.79 Å². The molecule has 22 heavy (non-hydrogen) atoms. The number of hydrogen-bond acceptors (Lipinski definition) is 5. The van der Waals surface area contributed by atoms with E-state index < -0.39 is 0 Å². The van der Waals surface area contributed by atoms with Gasteiger partial charge in [-0.25, -0.2) is 0 Å². The molecule has 0 atom stereocenters. The first-order valence-electron chi connectivity index (χ1n) is 7.51. The molecule has 0 unspecified atom stereocenters. The van der Waals surface area contributed by atoms with Crippen LogP contribution in [0.5, 0.6) is 0 Å². The summed E-state index contributed by atoms with van der Waals surface area (Å²) in [5.74, 6) is 1.44. The molecule has 2 aromatic heterocycles. The minimum absolute atomic E-state index is 0.175. The van der Waals surface area contributed by atoms with E-state index in [-0.39, 0.29) is 5.91 Å². The maximum atomic E-state index is 12.3. The summed E-state index contributed by atoms with van der Waals surface area (Å²) in [6.07, 6.45) is 1.98. The Balaban J connectivity index is 1.98. The third-order valence-electron chi connectivity index (χ3n) is 3.24. The summed E-state index contributed by atoms with van der Waals surface area (Å²) in [6, 6.07) is 4.02. The van der Waals surface area contributed by atoms with Gasteiger partial charge in [0, 0.05) is 20.1 Å². The van der Waals surface area contributed by atoms with Crippen LogP contribution in [0.1, 0.15) is 26.7 Å². The Hall–Kier alpha value is -1.34. The molecule has 2 aromatic rings. The normalized spacial score (nSPS) is 10.9. The predicted octanol–water partition coefficient (Wildman–Crippen LogP) is 3.28. The zero-order valence-electron chi connectivity index (χ0n) is 13.3. The second-order valence-electron chi connectivity index (χ2n) is 5.01. The monoisotopic (exact) mass is 338 g/mol. The molecule has 5 nitrogen and oxygen atoms in total. The van der Waals surface area contributed by atoms with E-state index in [0.717, 1.165) is 41.8 Å². The summed E-state index contributed by atoms with van der Waals surface area (Å²) >= 11 is 3.09. The molecule has 0 N–H and O–H groups in total. The highest BCUT2D eigenvalue weighted by molar-refractivity contribution is 7.99. The van der Waals surface area contributed by atoms with Gasteiger partial charge in [-0.2, -0.15) is 0 Å². The van der Waals surface area contributed by atoms with E-state index in [1.165, 1.54) is 11.8 Å². The third-order valence-corrected chi connectivity index (χ3v) is 5.11. The van der Waals surface area contributed by atoms with Crippen molar-refractivity contribution < 1.29 is 4.79 Å². The van der Waals surface area contributed by atoms with Crippen LogP contribution in [-0.2, 0) is 11.8 Å². The van der Waals surface area contributed by atoms with E-state index >= 15 is 0 Å². The molecule has 0 aliphatic rings. The zero-order valence-corrected chi connectivity index (χ0v) is 14.9. The number of thiophene rings is 1. The molecule has 0 radical (unpaired) electrons. The molecule has 0 saturated carbocycles. The Bertz CT molecular complexity index is 589. The van der Waals surface area contributed by atoms with E-state index in [9.17, 15) is 4.79 Å². The first kappa shape index (κ1) is 17.0. The van der Waals surface area contributed by atoms with Gasteiger partial charge in [0.15, 0.2) is 11.0 Å². The van der Waals surface area contributed by atoms with Gasteiger partial charge >= 0.3 is 0 Å². The topological polar surface area (TPSA) is 51.0 Å². The van der Waals surface area contributed by atoms with E-state index in [4.69, 9.17) is 0 Å². The van der Waals surface area contributed by atoms with Gasteiger partial charge in [-0.05, 0) is 24.3 Å². The summed E-state index contributed by atoms with van der Waals surface area (Å²) in [6.45, 7) is 5.84. The third kappa shape index (κ3) is 4.10. The number of hydrogen-bond donors (Lipinski definition) is 0. The average molecular weight is 339 g/mol. The van der Waals surface area contributed by atoms with Crippen molar-refractivity contribution in [3.63, 3.8) is 0 Å². The number of aromatic nitrogens is 3. The fraction of sp³-hybridized carbons (Fsp3) is 0.533. The highest BCUT2D eigenvalue weighted by atomic mass is 32.2. The van der Waals surface area contributed by atoms with Gasteiger partial charge in [-0.1, -0.05) is 31.7 Å². The number of amides is 1. The molecular formula is C15H22N4OS2. The summed E-state index contributed by atoms with van der Waals surface area (Å²) < 4.78 is 1.95.